The van der Waals surface area contributed by atoms with Gasteiger partial charge in [0.25, 0.3) is 5.69 Å². The van der Waals surface area contributed by atoms with Gasteiger partial charge >= 0.3 is 0 Å². The van der Waals surface area contributed by atoms with E-state index in [0.717, 1.165) is 0 Å². The maximum atomic E-state index is 10.3. The highest BCUT2D eigenvalue weighted by Crippen LogP contribution is 2.18. The van der Waals surface area contributed by atoms with E-state index >= 15 is 0 Å². The second-order valence-electron chi connectivity index (χ2n) is 2.78. The van der Waals surface area contributed by atoms with Crippen LogP contribution in [0.3, 0.4) is 0 Å². The number of hydrogen-bond donors (Lipinski definition) is 3. The molecule has 0 bridgehead atoms. The quantitative estimate of drug-likeness (QED) is 0.357. The minimum Gasteiger partial charge on any atom is -0.384 e. The monoisotopic (exact) mass is 198 g/mol. The molecule has 0 aliphatic rings. The van der Waals surface area contributed by atoms with Gasteiger partial charge in [-0.1, -0.05) is 0 Å². The summed E-state index contributed by atoms with van der Waals surface area (Å²) in [5, 5.41) is 28.4. The third-order valence-electron chi connectivity index (χ3n) is 1.77. The van der Waals surface area contributed by atoms with Crippen LogP contribution in [0.4, 0.5) is 5.69 Å². The van der Waals surface area contributed by atoms with Crippen LogP contribution in [0.2, 0.25) is 0 Å². The van der Waals surface area contributed by atoms with Crippen LogP contribution in [0, 0.1) is 10.1 Å². The number of non-ortho nitro benzene ring substituents is 1. The summed E-state index contributed by atoms with van der Waals surface area (Å²) in [6.07, 6.45) is -2.62. The molecular weight excluding hydrogens is 188 g/mol. The smallest absolute Gasteiger partial charge is 0.269 e. The van der Waals surface area contributed by atoms with Crippen molar-refractivity contribution in [3.05, 3.63) is 39.9 Å². The molecule has 0 heterocycles. The van der Waals surface area contributed by atoms with Crippen molar-refractivity contribution < 1.29 is 15.1 Å². The molecule has 1 aromatic rings. The van der Waals surface area contributed by atoms with E-state index in [-0.39, 0.29) is 5.69 Å². The fraction of sp³-hybridized carbons (Fsp3) is 0.250. The van der Waals surface area contributed by atoms with Crippen LogP contribution in [0.25, 0.3) is 0 Å². The summed E-state index contributed by atoms with van der Waals surface area (Å²) in [5.41, 5.74) is 5.30. The lowest BCUT2D eigenvalue weighted by Crippen LogP contribution is -2.27. The number of rotatable bonds is 3. The first kappa shape index (κ1) is 10.6. The van der Waals surface area contributed by atoms with E-state index < -0.39 is 17.3 Å². The second kappa shape index (κ2) is 4.14. The molecule has 1 rings (SSSR count). The Kier molecular flexibility index (Phi) is 3.13. The van der Waals surface area contributed by atoms with Gasteiger partial charge in [0, 0.05) is 12.1 Å². The molecule has 1 aromatic carbocycles. The van der Waals surface area contributed by atoms with Crippen LogP contribution in [0.5, 0.6) is 0 Å². The molecule has 0 spiro atoms. The summed E-state index contributed by atoms with van der Waals surface area (Å²) in [7, 11) is 0. The molecular formula is C8H10N2O4. The van der Waals surface area contributed by atoms with Crippen LogP contribution < -0.4 is 5.73 Å². The number of aliphatic hydroxyl groups excluding tert-OH is 2. The zero-order chi connectivity index (χ0) is 10.7. The van der Waals surface area contributed by atoms with Crippen LogP contribution in [-0.4, -0.2) is 21.4 Å². The zero-order valence-electron chi connectivity index (χ0n) is 7.20. The molecule has 0 radical (unpaired) electrons. The van der Waals surface area contributed by atoms with E-state index in [2.05, 4.69) is 0 Å². The SMILES string of the molecule is NC(O)C(O)c1ccc([N+](=O)[O-])cc1. The van der Waals surface area contributed by atoms with Gasteiger partial charge < -0.3 is 15.9 Å². The van der Waals surface area contributed by atoms with Crippen LogP contribution in [0.1, 0.15) is 11.7 Å². The lowest BCUT2D eigenvalue weighted by molar-refractivity contribution is -0.384. The number of aliphatic hydroxyl groups is 2. The van der Waals surface area contributed by atoms with E-state index in [0.29, 0.717) is 5.56 Å². The van der Waals surface area contributed by atoms with Gasteiger partial charge in [-0.3, -0.25) is 10.1 Å². The molecule has 0 aromatic heterocycles. The summed E-state index contributed by atoms with van der Waals surface area (Å²) >= 11 is 0. The van der Waals surface area contributed by atoms with Crippen molar-refractivity contribution in [2.75, 3.05) is 0 Å². The molecule has 0 aliphatic heterocycles. The first-order valence-corrected chi connectivity index (χ1v) is 3.88. The van der Waals surface area contributed by atoms with Crippen molar-refractivity contribution in [1.29, 1.82) is 0 Å². The summed E-state index contributed by atoms with van der Waals surface area (Å²) in [6.45, 7) is 0. The average molecular weight is 198 g/mol. The topological polar surface area (TPSA) is 110 Å². The molecule has 6 heteroatoms. The van der Waals surface area contributed by atoms with Crippen molar-refractivity contribution >= 4 is 5.69 Å². The Morgan fingerprint density at radius 1 is 1.29 bits per heavy atom. The van der Waals surface area contributed by atoms with Crippen LogP contribution >= 0.6 is 0 Å². The second-order valence-corrected chi connectivity index (χ2v) is 2.78. The maximum absolute atomic E-state index is 10.3. The normalized spacial score (nSPS) is 14.8. The van der Waals surface area contributed by atoms with Gasteiger partial charge in [-0.2, -0.15) is 0 Å². The molecule has 2 atom stereocenters. The number of nitro benzene ring substituents is 1. The first-order chi connectivity index (χ1) is 6.52. The molecule has 0 saturated carbocycles. The van der Waals surface area contributed by atoms with Gasteiger partial charge in [-0.05, 0) is 17.7 Å². The van der Waals surface area contributed by atoms with E-state index in [9.17, 15) is 15.2 Å². The Balaban J connectivity index is 2.88. The summed E-state index contributed by atoms with van der Waals surface area (Å²) in [5.74, 6) is 0. The van der Waals surface area contributed by atoms with Crippen molar-refractivity contribution in [2.24, 2.45) is 5.73 Å². The highest BCUT2D eigenvalue weighted by Gasteiger charge is 2.14. The predicted molar refractivity (Wildman–Crippen MR) is 48.3 cm³/mol. The van der Waals surface area contributed by atoms with E-state index in [1.54, 1.807) is 0 Å². The number of nitrogens with two attached hydrogens (primary N) is 1. The average Bonchev–Trinajstić information content (AvgIpc) is 2.16. The van der Waals surface area contributed by atoms with Gasteiger partial charge in [0.15, 0.2) is 0 Å². The first-order valence-electron chi connectivity index (χ1n) is 3.88. The van der Waals surface area contributed by atoms with Gasteiger partial charge in [0.1, 0.15) is 12.3 Å². The van der Waals surface area contributed by atoms with E-state index in [1.807, 2.05) is 0 Å². The number of benzene rings is 1. The van der Waals surface area contributed by atoms with Crippen molar-refractivity contribution in [3.8, 4) is 0 Å². The van der Waals surface area contributed by atoms with Gasteiger partial charge in [0.2, 0.25) is 0 Å². The number of hydrogen-bond acceptors (Lipinski definition) is 5. The Labute approximate surface area is 79.7 Å². The molecule has 6 nitrogen and oxygen atoms in total. The Bertz CT molecular complexity index is 323. The zero-order valence-corrected chi connectivity index (χ0v) is 7.20. The predicted octanol–water partition coefficient (Wildman–Crippen LogP) is -0.0947. The van der Waals surface area contributed by atoms with E-state index in [1.165, 1.54) is 24.3 Å². The molecule has 0 fully saturated rings. The molecule has 0 aliphatic carbocycles. The fourth-order valence-electron chi connectivity index (χ4n) is 0.990. The lowest BCUT2D eigenvalue weighted by atomic mass is 10.1. The fourth-order valence-corrected chi connectivity index (χ4v) is 0.990. The molecule has 4 N–H and O–H groups in total. The number of nitro groups is 1. The van der Waals surface area contributed by atoms with Gasteiger partial charge in [0.05, 0.1) is 4.92 Å². The lowest BCUT2D eigenvalue weighted by Gasteiger charge is -2.12. The van der Waals surface area contributed by atoms with Crippen LogP contribution in [0.15, 0.2) is 24.3 Å². The third-order valence-corrected chi connectivity index (χ3v) is 1.77. The highest BCUT2D eigenvalue weighted by molar-refractivity contribution is 5.33. The highest BCUT2D eigenvalue weighted by atomic mass is 16.6. The van der Waals surface area contributed by atoms with Gasteiger partial charge in [-0.15, -0.1) is 0 Å². The summed E-state index contributed by atoms with van der Waals surface area (Å²) < 4.78 is 0. The largest absolute Gasteiger partial charge is 0.384 e. The molecule has 76 valence electrons. The minimum atomic E-state index is -1.39. The standard InChI is InChI=1S/C8H10N2O4/c9-8(12)7(11)5-1-3-6(4-2-5)10(13)14/h1-4,7-8,11-12H,9H2. The maximum Gasteiger partial charge on any atom is 0.269 e. The van der Waals surface area contributed by atoms with Crippen molar-refractivity contribution in [1.82, 2.24) is 0 Å². The summed E-state index contributed by atoms with van der Waals surface area (Å²) in [4.78, 5) is 9.74. The van der Waals surface area contributed by atoms with Crippen LogP contribution in [-0.2, 0) is 0 Å². The molecule has 14 heavy (non-hydrogen) atoms. The number of nitrogens with zero attached hydrogens (tertiary/aromatic N) is 1. The van der Waals surface area contributed by atoms with Gasteiger partial charge in [-0.25, -0.2) is 0 Å². The Morgan fingerprint density at radius 2 is 1.79 bits per heavy atom. The Hall–Kier alpha value is -1.50. The molecule has 0 saturated heterocycles. The summed E-state index contributed by atoms with van der Waals surface area (Å²) in [6, 6.07) is 5.17. The van der Waals surface area contributed by atoms with Crippen molar-refractivity contribution in [2.45, 2.75) is 12.3 Å². The molecule has 2 unspecified atom stereocenters. The Morgan fingerprint density at radius 3 is 2.14 bits per heavy atom. The van der Waals surface area contributed by atoms with Crippen molar-refractivity contribution in [3.63, 3.8) is 0 Å². The van der Waals surface area contributed by atoms with E-state index in [4.69, 9.17) is 10.8 Å². The minimum absolute atomic E-state index is 0.0764. The molecule has 0 amide bonds. The third kappa shape index (κ3) is 2.25.